The Hall–Kier alpha value is -0.260. The van der Waals surface area contributed by atoms with Gasteiger partial charge >= 0.3 is 0 Å². The molecule has 0 saturated heterocycles. The summed E-state index contributed by atoms with van der Waals surface area (Å²) in [4.78, 5) is 0. The monoisotopic (exact) mass is 110 g/mol. The third-order valence-corrected chi connectivity index (χ3v) is 1.71. The van der Waals surface area contributed by atoms with Crippen molar-refractivity contribution < 1.29 is 0 Å². The molecule has 0 heteroatoms. The van der Waals surface area contributed by atoms with Crippen LogP contribution >= 0.6 is 0 Å². The minimum absolute atomic E-state index is 0.156. The quantitative estimate of drug-likeness (QED) is 0.420. The van der Waals surface area contributed by atoms with Crippen LogP contribution in [0, 0.1) is 24.7 Å². The van der Waals surface area contributed by atoms with Crippen molar-refractivity contribution in [1.82, 2.24) is 0 Å². The molecule has 0 bridgehead atoms. The summed E-state index contributed by atoms with van der Waals surface area (Å²) in [5.74, 6) is 0. The zero-order chi connectivity index (χ0) is 6.41. The smallest absolute Gasteiger partial charge is 0.0592 e. The van der Waals surface area contributed by atoms with Gasteiger partial charge in [-0.1, -0.05) is 13.8 Å². The van der Waals surface area contributed by atoms with Crippen LogP contribution in [0.5, 0.6) is 0 Å². The van der Waals surface area contributed by atoms with Crippen LogP contribution in [0.2, 0.25) is 0 Å². The molecule has 0 heterocycles. The summed E-state index contributed by atoms with van der Waals surface area (Å²) in [5.41, 5.74) is 0.688. The third-order valence-electron chi connectivity index (χ3n) is 1.71. The summed E-state index contributed by atoms with van der Waals surface area (Å²) in [6.07, 6.45) is 2.36. The second-order valence-corrected chi connectivity index (χ2v) is 4.02. The largest absolute Gasteiger partial charge is 0.231 e. The van der Waals surface area contributed by atoms with Crippen LogP contribution < -0.4 is 0 Å². The molecule has 0 N–H and O–H groups in total. The Kier molecular flexibility index (Phi) is 0.863. The van der Waals surface area contributed by atoms with Gasteiger partial charge in [-0.25, -0.2) is 0 Å². The molecule has 0 atom stereocenters. The normalized spacial score (nSPS) is 31.2. The molecule has 0 nitrogen and oxygen atoms in total. The molecule has 0 radical (unpaired) electrons. The SMILES string of the molecule is [CH2+]C1([CH2+])CC(C)(C)C1. The van der Waals surface area contributed by atoms with Crippen molar-refractivity contribution >= 4 is 0 Å². The molecule has 0 aromatic carbocycles. The van der Waals surface area contributed by atoms with Gasteiger partial charge in [-0.05, 0) is 5.41 Å². The molecule has 0 amide bonds. The lowest BCUT2D eigenvalue weighted by molar-refractivity contribution is 0.0652. The molecule has 0 aliphatic heterocycles. The van der Waals surface area contributed by atoms with Gasteiger partial charge in [-0.3, -0.25) is 0 Å². The van der Waals surface area contributed by atoms with Gasteiger partial charge in [-0.2, -0.15) is 0 Å². The molecule has 1 fully saturated rings. The summed E-state index contributed by atoms with van der Waals surface area (Å²) in [6.45, 7) is 12.5. The molecular formula is C8H14+2. The first-order chi connectivity index (χ1) is 3.41. The van der Waals surface area contributed by atoms with Crippen LogP contribution in [-0.2, 0) is 0 Å². The summed E-state index contributed by atoms with van der Waals surface area (Å²) in [5, 5.41) is 0. The zero-order valence-corrected chi connectivity index (χ0v) is 5.83. The number of hydrogen-bond donors (Lipinski definition) is 0. The molecule has 44 valence electrons. The highest BCUT2D eigenvalue weighted by Crippen LogP contribution is 2.52. The van der Waals surface area contributed by atoms with Crippen LogP contribution in [0.1, 0.15) is 26.7 Å². The molecule has 8 heavy (non-hydrogen) atoms. The van der Waals surface area contributed by atoms with Crippen LogP contribution in [0.4, 0.5) is 0 Å². The average Bonchev–Trinajstić information content (AvgIpc) is 1.20. The van der Waals surface area contributed by atoms with E-state index in [2.05, 4.69) is 27.7 Å². The molecule has 1 saturated carbocycles. The lowest BCUT2D eigenvalue weighted by atomic mass is 9.56. The van der Waals surface area contributed by atoms with Crippen molar-refractivity contribution in [3.8, 4) is 0 Å². The van der Waals surface area contributed by atoms with Crippen molar-refractivity contribution in [3.63, 3.8) is 0 Å². The Morgan fingerprint density at radius 2 is 1.50 bits per heavy atom. The Morgan fingerprint density at radius 3 is 1.50 bits per heavy atom. The van der Waals surface area contributed by atoms with Gasteiger partial charge in [0, 0.05) is 12.8 Å². The molecule has 1 rings (SSSR count). The van der Waals surface area contributed by atoms with E-state index in [-0.39, 0.29) is 5.41 Å². The zero-order valence-electron chi connectivity index (χ0n) is 5.83. The fraction of sp³-hybridized carbons (Fsp3) is 0.750. The maximum Gasteiger partial charge on any atom is 0.231 e. The molecule has 1 aliphatic carbocycles. The maximum absolute atomic E-state index is 3.96. The van der Waals surface area contributed by atoms with E-state index in [0.717, 1.165) is 0 Å². The van der Waals surface area contributed by atoms with Gasteiger partial charge < -0.3 is 0 Å². The van der Waals surface area contributed by atoms with Crippen molar-refractivity contribution in [3.05, 3.63) is 13.8 Å². The van der Waals surface area contributed by atoms with Crippen molar-refractivity contribution in [2.75, 3.05) is 0 Å². The first-order valence-electron chi connectivity index (χ1n) is 3.12. The summed E-state index contributed by atoms with van der Waals surface area (Å²) >= 11 is 0. The highest BCUT2D eigenvalue weighted by Gasteiger charge is 2.53. The minimum atomic E-state index is 0.156. The van der Waals surface area contributed by atoms with E-state index >= 15 is 0 Å². The first kappa shape index (κ1) is 5.87. The Balaban J connectivity index is 2.42. The lowest BCUT2D eigenvalue weighted by Crippen LogP contribution is -2.38. The predicted octanol–water partition coefficient (Wildman–Crippen LogP) is 2.46. The van der Waals surface area contributed by atoms with Crippen LogP contribution in [-0.4, -0.2) is 0 Å². The predicted molar refractivity (Wildman–Crippen MR) is 36.2 cm³/mol. The van der Waals surface area contributed by atoms with Gasteiger partial charge in [0.05, 0.1) is 0 Å². The van der Waals surface area contributed by atoms with Gasteiger partial charge in [0.25, 0.3) is 0 Å². The fourth-order valence-electron chi connectivity index (χ4n) is 1.98. The van der Waals surface area contributed by atoms with Gasteiger partial charge in [-0.15, -0.1) is 0 Å². The summed E-state index contributed by atoms with van der Waals surface area (Å²) in [6, 6.07) is 0. The minimum Gasteiger partial charge on any atom is -0.0592 e. The first-order valence-corrected chi connectivity index (χ1v) is 3.12. The third kappa shape index (κ3) is 0.936. The molecular weight excluding hydrogens is 96.1 g/mol. The highest BCUT2D eigenvalue weighted by molar-refractivity contribution is 5.01. The van der Waals surface area contributed by atoms with Crippen molar-refractivity contribution in [2.45, 2.75) is 26.7 Å². The molecule has 0 aromatic rings. The second kappa shape index (κ2) is 1.18. The van der Waals surface area contributed by atoms with E-state index in [1.165, 1.54) is 12.8 Å². The van der Waals surface area contributed by atoms with Gasteiger partial charge in [0.1, 0.15) is 13.8 Å². The number of hydrogen-bond acceptors (Lipinski definition) is 0. The highest BCUT2D eigenvalue weighted by atomic mass is 14.5. The molecule has 1 aliphatic rings. The Bertz CT molecular complexity index is 76.6. The van der Waals surface area contributed by atoms with Crippen LogP contribution in [0.25, 0.3) is 0 Å². The van der Waals surface area contributed by atoms with Crippen molar-refractivity contribution in [1.29, 1.82) is 0 Å². The maximum atomic E-state index is 3.96. The summed E-state index contributed by atoms with van der Waals surface area (Å²) in [7, 11) is 0. The van der Waals surface area contributed by atoms with Crippen LogP contribution in [0.3, 0.4) is 0 Å². The molecule has 0 unspecified atom stereocenters. The average molecular weight is 110 g/mol. The van der Waals surface area contributed by atoms with Crippen molar-refractivity contribution in [2.24, 2.45) is 10.8 Å². The topological polar surface area (TPSA) is 0 Å². The van der Waals surface area contributed by atoms with Gasteiger partial charge in [0.2, 0.25) is 5.41 Å². The van der Waals surface area contributed by atoms with E-state index in [1.807, 2.05) is 0 Å². The number of rotatable bonds is 0. The lowest BCUT2D eigenvalue weighted by Gasteiger charge is -2.38. The van der Waals surface area contributed by atoms with E-state index < -0.39 is 0 Å². The standard InChI is InChI=1S/C8H14/c1-7(2)5-8(3,4)6-7/h1-2,5-6H2,3-4H3/q+2. The van der Waals surface area contributed by atoms with Gasteiger partial charge in [0.15, 0.2) is 0 Å². The Labute approximate surface area is 52.3 Å². The fourth-order valence-corrected chi connectivity index (χ4v) is 1.98. The van der Waals surface area contributed by atoms with E-state index in [4.69, 9.17) is 0 Å². The second-order valence-electron chi connectivity index (χ2n) is 4.02. The van der Waals surface area contributed by atoms with E-state index in [1.54, 1.807) is 0 Å². The van der Waals surface area contributed by atoms with E-state index in [9.17, 15) is 0 Å². The van der Waals surface area contributed by atoms with E-state index in [0.29, 0.717) is 5.41 Å². The molecule has 0 aromatic heterocycles. The molecule has 0 spiro atoms. The summed E-state index contributed by atoms with van der Waals surface area (Å²) < 4.78 is 0. The Morgan fingerprint density at radius 1 is 1.12 bits per heavy atom. The van der Waals surface area contributed by atoms with Crippen LogP contribution in [0.15, 0.2) is 0 Å².